The van der Waals surface area contributed by atoms with Crippen LogP contribution in [0.5, 0.6) is 5.75 Å². The van der Waals surface area contributed by atoms with Crippen LogP contribution < -0.4 is 10.1 Å². The number of amides is 1. The molecule has 2 atom stereocenters. The molecule has 2 aliphatic rings. The van der Waals surface area contributed by atoms with Crippen molar-refractivity contribution in [3.05, 3.63) is 41.7 Å². The van der Waals surface area contributed by atoms with E-state index in [4.69, 9.17) is 4.74 Å². The molecule has 4 rings (SSSR count). The van der Waals surface area contributed by atoms with E-state index in [1.54, 1.807) is 18.0 Å². The largest absolute Gasteiger partial charge is 0.497 e. The van der Waals surface area contributed by atoms with Crippen molar-refractivity contribution in [2.24, 2.45) is 5.92 Å². The Morgan fingerprint density at radius 1 is 1.18 bits per heavy atom. The van der Waals surface area contributed by atoms with E-state index in [-0.39, 0.29) is 5.91 Å². The minimum atomic E-state index is -0.0230. The molecule has 1 N–H and O–H groups in total. The van der Waals surface area contributed by atoms with Crippen molar-refractivity contribution >= 4 is 5.91 Å². The molecule has 2 aliphatic heterocycles. The van der Waals surface area contributed by atoms with Gasteiger partial charge in [-0.05, 0) is 75.9 Å². The summed E-state index contributed by atoms with van der Waals surface area (Å²) in [6.07, 6.45) is 8.04. The van der Waals surface area contributed by atoms with Gasteiger partial charge in [0.2, 0.25) is 0 Å². The van der Waals surface area contributed by atoms with Gasteiger partial charge in [-0.3, -0.25) is 4.79 Å². The molecule has 0 spiro atoms. The lowest BCUT2D eigenvalue weighted by molar-refractivity contribution is 0.0575. The van der Waals surface area contributed by atoms with E-state index in [9.17, 15) is 4.79 Å². The summed E-state index contributed by atoms with van der Waals surface area (Å²) in [4.78, 5) is 15.5. The van der Waals surface area contributed by atoms with Gasteiger partial charge in [0, 0.05) is 12.6 Å². The van der Waals surface area contributed by atoms with Crippen LogP contribution >= 0.6 is 0 Å². The lowest BCUT2D eigenvalue weighted by Gasteiger charge is -2.44. The van der Waals surface area contributed by atoms with Crippen molar-refractivity contribution in [1.82, 2.24) is 20.0 Å². The fourth-order valence-corrected chi connectivity index (χ4v) is 4.75. The monoisotopic (exact) mass is 382 g/mol. The molecule has 3 heterocycles. The third-order valence-electron chi connectivity index (χ3n) is 6.32. The molecular weight excluding hydrogens is 352 g/mol. The summed E-state index contributed by atoms with van der Waals surface area (Å²) in [5.74, 6) is 1.34. The number of benzene rings is 1. The number of carbonyl (C=O) groups excluding carboxylic acids is 1. The van der Waals surface area contributed by atoms with Crippen LogP contribution in [0.4, 0.5) is 0 Å². The van der Waals surface area contributed by atoms with Crippen LogP contribution in [0.3, 0.4) is 0 Å². The zero-order valence-corrected chi connectivity index (χ0v) is 16.9. The van der Waals surface area contributed by atoms with Gasteiger partial charge in [0.1, 0.15) is 5.75 Å². The average Bonchev–Trinajstić information content (AvgIpc) is 3.13. The minimum Gasteiger partial charge on any atom is -0.497 e. The number of nitrogens with zero attached hydrogens (tertiary/aromatic N) is 3. The first-order valence-electron chi connectivity index (χ1n) is 10.4. The molecule has 6 nitrogen and oxygen atoms in total. The highest BCUT2D eigenvalue weighted by atomic mass is 16.5. The molecule has 2 saturated heterocycles. The van der Waals surface area contributed by atoms with Crippen LogP contribution in [-0.4, -0.2) is 53.4 Å². The second-order valence-electron chi connectivity index (χ2n) is 7.96. The zero-order chi connectivity index (χ0) is 19.5. The number of nitrogens with one attached hydrogen (secondary N) is 1. The van der Waals surface area contributed by atoms with E-state index >= 15 is 0 Å². The van der Waals surface area contributed by atoms with Gasteiger partial charge in [-0.1, -0.05) is 6.42 Å². The van der Waals surface area contributed by atoms with Gasteiger partial charge in [-0.15, -0.1) is 0 Å². The van der Waals surface area contributed by atoms with Crippen molar-refractivity contribution in [2.75, 3.05) is 26.7 Å². The van der Waals surface area contributed by atoms with E-state index in [1.807, 2.05) is 31.2 Å². The predicted octanol–water partition coefficient (Wildman–Crippen LogP) is 3.18. The lowest BCUT2D eigenvalue weighted by Crippen LogP contribution is -2.51. The molecule has 28 heavy (non-hydrogen) atoms. The Hall–Kier alpha value is -2.34. The zero-order valence-electron chi connectivity index (χ0n) is 16.9. The highest BCUT2D eigenvalue weighted by Gasteiger charge is 2.33. The van der Waals surface area contributed by atoms with Crippen LogP contribution in [0.1, 0.15) is 48.2 Å². The molecule has 150 valence electrons. The summed E-state index contributed by atoms with van der Waals surface area (Å²) < 4.78 is 7.01. The number of hydrogen-bond acceptors (Lipinski definition) is 4. The van der Waals surface area contributed by atoms with Crippen LogP contribution in [0.15, 0.2) is 30.5 Å². The SMILES string of the molecule is COc1ccc(-n2ncc(C(=O)NC[C@@H]3CCCN4CCCC[C@@H]34)c2C)cc1. The fourth-order valence-electron chi connectivity index (χ4n) is 4.75. The maximum absolute atomic E-state index is 12.8. The molecule has 2 fully saturated rings. The second kappa shape index (κ2) is 8.35. The van der Waals surface area contributed by atoms with Crippen LogP contribution in [-0.2, 0) is 0 Å². The number of carbonyl (C=O) groups is 1. The summed E-state index contributed by atoms with van der Waals surface area (Å²) >= 11 is 0. The lowest BCUT2D eigenvalue weighted by atomic mass is 9.83. The molecule has 1 amide bonds. The number of methoxy groups -OCH3 is 1. The maximum atomic E-state index is 12.8. The predicted molar refractivity (Wildman–Crippen MR) is 109 cm³/mol. The van der Waals surface area contributed by atoms with E-state index in [0.717, 1.165) is 23.7 Å². The quantitative estimate of drug-likeness (QED) is 0.863. The van der Waals surface area contributed by atoms with Crippen molar-refractivity contribution < 1.29 is 9.53 Å². The van der Waals surface area contributed by atoms with Gasteiger partial charge in [0.05, 0.1) is 30.3 Å². The number of hydrogen-bond donors (Lipinski definition) is 1. The third-order valence-corrected chi connectivity index (χ3v) is 6.32. The number of rotatable bonds is 5. The number of fused-ring (bicyclic) bond motifs is 1. The molecule has 0 unspecified atom stereocenters. The molecule has 0 aliphatic carbocycles. The van der Waals surface area contributed by atoms with Crippen LogP contribution in [0.25, 0.3) is 5.69 Å². The second-order valence-corrected chi connectivity index (χ2v) is 7.96. The highest BCUT2D eigenvalue weighted by Crippen LogP contribution is 2.30. The number of aromatic nitrogens is 2. The Morgan fingerprint density at radius 2 is 1.96 bits per heavy atom. The highest BCUT2D eigenvalue weighted by molar-refractivity contribution is 5.95. The summed E-state index contributed by atoms with van der Waals surface area (Å²) in [6, 6.07) is 8.33. The normalized spacial score (nSPS) is 22.5. The Kier molecular flexibility index (Phi) is 5.67. The van der Waals surface area contributed by atoms with Gasteiger partial charge < -0.3 is 15.0 Å². The van der Waals surface area contributed by atoms with Crippen molar-refractivity contribution in [3.8, 4) is 11.4 Å². The minimum absolute atomic E-state index is 0.0230. The van der Waals surface area contributed by atoms with E-state index < -0.39 is 0 Å². The van der Waals surface area contributed by atoms with E-state index in [0.29, 0.717) is 17.5 Å². The van der Waals surface area contributed by atoms with Crippen molar-refractivity contribution in [2.45, 2.75) is 45.1 Å². The average molecular weight is 383 g/mol. The summed E-state index contributed by atoms with van der Waals surface area (Å²) in [6.45, 7) is 5.15. The van der Waals surface area contributed by atoms with Gasteiger partial charge in [-0.25, -0.2) is 4.68 Å². The van der Waals surface area contributed by atoms with Crippen molar-refractivity contribution in [3.63, 3.8) is 0 Å². The molecule has 0 radical (unpaired) electrons. The topological polar surface area (TPSA) is 59.4 Å². The van der Waals surface area contributed by atoms with E-state index in [2.05, 4.69) is 15.3 Å². The molecule has 0 bridgehead atoms. The third kappa shape index (κ3) is 3.78. The van der Waals surface area contributed by atoms with Gasteiger partial charge in [-0.2, -0.15) is 5.10 Å². The molecule has 0 saturated carbocycles. The standard InChI is InChI=1S/C22H30N4O2/c1-16-20(15-24-26(16)18-8-10-19(28-2)11-9-18)22(27)23-14-17-6-5-13-25-12-4-3-7-21(17)25/h8-11,15,17,21H,3-7,12-14H2,1-2H3,(H,23,27)/t17-,21-/m0/s1. The Balaban J connectivity index is 1.41. The number of piperidine rings is 2. The van der Waals surface area contributed by atoms with Gasteiger partial charge in [0.25, 0.3) is 5.91 Å². The maximum Gasteiger partial charge on any atom is 0.254 e. The first-order valence-corrected chi connectivity index (χ1v) is 10.4. The van der Waals surface area contributed by atoms with Crippen LogP contribution in [0.2, 0.25) is 0 Å². The van der Waals surface area contributed by atoms with Gasteiger partial charge in [0.15, 0.2) is 0 Å². The molecule has 1 aromatic heterocycles. The summed E-state index contributed by atoms with van der Waals surface area (Å²) in [5, 5.41) is 7.62. The smallest absolute Gasteiger partial charge is 0.254 e. The van der Waals surface area contributed by atoms with E-state index in [1.165, 1.54) is 45.2 Å². The Labute approximate surface area is 166 Å². The number of ether oxygens (including phenoxy) is 1. The summed E-state index contributed by atoms with van der Waals surface area (Å²) in [7, 11) is 1.65. The van der Waals surface area contributed by atoms with Gasteiger partial charge >= 0.3 is 0 Å². The first kappa shape index (κ1) is 19.0. The van der Waals surface area contributed by atoms with Crippen molar-refractivity contribution in [1.29, 1.82) is 0 Å². The Bertz CT molecular complexity index is 812. The first-order chi connectivity index (χ1) is 13.7. The molecule has 1 aromatic carbocycles. The molecular formula is C22H30N4O2. The van der Waals surface area contributed by atoms with Crippen LogP contribution in [0, 0.1) is 12.8 Å². The molecule has 2 aromatic rings. The fraction of sp³-hybridized carbons (Fsp3) is 0.545. The summed E-state index contributed by atoms with van der Waals surface area (Å²) in [5.41, 5.74) is 2.42. The molecule has 6 heteroatoms. The Morgan fingerprint density at radius 3 is 2.75 bits per heavy atom.